The van der Waals surface area contributed by atoms with E-state index in [1.807, 2.05) is 18.2 Å². The molecule has 1 heterocycles. The Morgan fingerprint density at radius 3 is 2.78 bits per heavy atom. The van der Waals surface area contributed by atoms with E-state index in [-0.39, 0.29) is 6.61 Å². The zero-order valence-electron chi connectivity index (χ0n) is 9.99. The molecule has 1 aliphatic heterocycles. The summed E-state index contributed by atoms with van der Waals surface area (Å²) in [5, 5.41) is 0.546. The van der Waals surface area contributed by atoms with Gasteiger partial charge in [-0.3, -0.25) is 0 Å². The van der Waals surface area contributed by atoms with Crippen LogP contribution in [0.1, 0.15) is 18.4 Å². The minimum atomic E-state index is 0.218. The molecule has 0 aliphatic carbocycles. The Morgan fingerprint density at radius 1 is 1.44 bits per heavy atom. The number of nitrogens with zero attached hydrogens (tertiary/aromatic N) is 1. The summed E-state index contributed by atoms with van der Waals surface area (Å²) < 4.78 is 5.32. The smallest absolute Gasteiger partial charge is 0.148 e. The fraction of sp³-hybridized carbons (Fsp3) is 0.357. The second-order valence-electron chi connectivity index (χ2n) is 4.14. The lowest BCUT2D eigenvalue weighted by Gasteiger charge is -2.19. The minimum Gasteiger partial charge on any atom is -0.479 e. The molecule has 0 atom stereocenters. The molecule has 1 aliphatic rings. The van der Waals surface area contributed by atoms with Crippen LogP contribution in [0.4, 0.5) is 0 Å². The van der Waals surface area contributed by atoms with Gasteiger partial charge in [0.25, 0.3) is 0 Å². The van der Waals surface area contributed by atoms with Crippen LogP contribution in [0.25, 0.3) is 0 Å². The van der Waals surface area contributed by atoms with Gasteiger partial charge in [-0.1, -0.05) is 29.7 Å². The number of hydrogen-bond acceptors (Lipinski definition) is 2. The molecule has 0 N–H and O–H groups in total. The fourth-order valence-electron chi connectivity index (χ4n) is 1.97. The van der Waals surface area contributed by atoms with Gasteiger partial charge in [0.2, 0.25) is 0 Å². The number of halogens is 1. The first kappa shape index (κ1) is 13.2. The van der Waals surface area contributed by atoms with Gasteiger partial charge in [0.1, 0.15) is 17.3 Å². The Labute approximate surface area is 118 Å². The first-order valence-corrected chi connectivity index (χ1v) is 6.66. The van der Waals surface area contributed by atoms with Gasteiger partial charge in [0.15, 0.2) is 0 Å². The Kier molecular flexibility index (Phi) is 4.46. The molecule has 4 heteroatoms. The topological polar surface area (TPSA) is 12.5 Å². The maximum atomic E-state index is 6.14. The van der Waals surface area contributed by atoms with E-state index in [1.165, 1.54) is 12.8 Å². The van der Waals surface area contributed by atoms with Gasteiger partial charge < -0.3 is 9.64 Å². The van der Waals surface area contributed by atoms with Crippen LogP contribution in [0.2, 0.25) is 5.02 Å². The normalized spacial score (nSPS) is 14.3. The molecule has 1 aromatic carbocycles. The molecule has 0 bridgehead atoms. The maximum absolute atomic E-state index is 6.14. The van der Waals surface area contributed by atoms with E-state index in [0.717, 1.165) is 23.6 Å². The fourth-order valence-corrected chi connectivity index (χ4v) is 2.52. The van der Waals surface area contributed by atoms with E-state index in [1.54, 1.807) is 0 Å². The number of ether oxygens (including phenoxy) is 1. The second-order valence-corrected chi connectivity index (χ2v) is 4.93. The third-order valence-electron chi connectivity index (χ3n) is 2.88. The summed E-state index contributed by atoms with van der Waals surface area (Å²) >= 11 is 11.6. The largest absolute Gasteiger partial charge is 0.479 e. The Bertz CT molecular complexity index is 489. The summed E-state index contributed by atoms with van der Waals surface area (Å²) in [6, 6.07) is 5.59. The van der Waals surface area contributed by atoms with Gasteiger partial charge in [-0.05, 0) is 31.0 Å². The van der Waals surface area contributed by atoms with E-state index < -0.39 is 0 Å². The molecule has 2 rings (SSSR count). The van der Waals surface area contributed by atoms with Crippen LogP contribution in [0.5, 0.6) is 5.75 Å². The summed E-state index contributed by atoms with van der Waals surface area (Å²) in [5.41, 5.74) is 0.963. The van der Waals surface area contributed by atoms with Crippen molar-refractivity contribution in [3.63, 3.8) is 0 Å². The SMILES string of the molecule is C#CCOc1ccc(C(=S)N2CCCC2)cc1Cl. The van der Waals surface area contributed by atoms with E-state index in [2.05, 4.69) is 10.8 Å². The standard InChI is InChI=1S/C14H14ClNOS/c1-2-9-17-13-6-5-11(10-12(13)15)14(18)16-7-3-4-8-16/h1,5-6,10H,3-4,7-9H2. The molecule has 1 aromatic rings. The number of terminal acetylenes is 1. The zero-order valence-corrected chi connectivity index (χ0v) is 11.6. The highest BCUT2D eigenvalue weighted by Crippen LogP contribution is 2.26. The predicted molar refractivity (Wildman–Crippen MR) is 78.3 cm³/mol. The lowest BCUT2D eigenvalue weighted by Crippen LogP contribution is -2.26. The molecular weight excluding hydrogens is 266 g/mol. The summed E-state index contributed by atoms with van der Waals surface area (Å²) in [4.78, 5) is 3.07. The zero-order chi connectivity index (χ0) is 13.0. The quantitative estimate of drug-likeness (QED) is 0.623. The second kappa shape index (κ2) is 6.08. The van der Waals surface area contributed by atoms with Crippen molar-refractivity contribution in [2.75, 3.05) is 19.7 Å². The monoisotopic (exact) mass is 279 g/mol. The molecule has 0 aromatic heterocycles. The molecule has 1 saturated heterocycles. The van der Waals surface area contributed by atoms with E-state index in [4.69, 9.17) is 35.0 Å². The van der Waals surface area contributed by atoms with Gasteiger partial charge in [0, 0.05) is 18.7 Å². The Balaban J connectivity index is 2.12. The Hall–Kier alpha value is -1.24. The first-order chi connectivity index (χ1) is 8.72. The van der Waals surface area contributed by atoms with Gasteiger partial charge >= 0.3 is 0 Å². The van der Waals surface area contributed by atoms with Crippen LogP contribution < -0.4 is 4.74 Å². The average molecular weight is 280 g/mol. The van der Waals surface area contributed by atoms with Crippen LogP contribution in [0.15, 0.2) is 18.2 Å². The highest BCUT2D eigenvalue weighted by Gasteiger charge is 2.16. The van der Waals surface area contributed by atoms with Crippen molar-refractivity contribution in [2.45, 2.75) is 12.8 Å². The van der Waals surface area contributed by atoms with Crippen molar-refractivity contribution >= 4 is 28.8 Å². The summed E-state index contributed by atoms with van der Waals surface area (Å²) in [5.74, 6) is 3.01. The third-order valence-corrected chi connectivity index (χ3v) is 3.67. The Morgan fingerprint density at radius 2 is 2.17 bits per heavy atom. The van der Waals surface area contributed by atoms with E-state index in [0.29, 0.717) is 10.8 Å². The molecule has 2 nitrogen and oxygen atoms in total. The summed E-state index contributed by atoms with van der Waals surface area (Å²) in [7, 11) is 0. The van der Waals surface area contributed by atoms with Crippen LogP contribution in [-0.2, 0) is 0 Å². The molecule has 0 amide bonds. The maximum Gasteiger partial charge on any atom is 0.148 e. The molecule has 0 saturated carbocycles. The number of rotatable bonds is 3. The van der Waals surface area contributed by atoms with E-state index in [9.17, 15) is 0 Å². The van der Waals surface area contributed by atoms with Crippen molar-refractivity contribution in [1.29, 1.82) is 0 Å². The molecular formula is C14H14ClNOS. The van der Waals surface area contributed by atoms with Crippen molar-refractivity contribution in [3.05, 3.63) is 28.8 Å². The number of hydrogen-bond donors (Lipinski definition) is 0. The van der Waals surface area contributed by atoms with Crippen LogP contribution in [-0.4, -0.2) is 29.6 Å². The molecule has 0 radical (unpaired) electrons. The van der Waals surface area contributed by atoms with Crippen molar-refractivity contribution in [3.8, 4) is 18.1 Å². The summed E-state index contributed by atoms with van der Waals surface area (Å²) in [6.45, 7) is 2.28. The van der Waals surface area contributed by atoms with Gasteiger partial charge in [-0.25, -0.2) is 0 Å². The van der Waals surface area contributed by atoms with Crippen LogP contribution in [0.3, 0.4) is 0 Å². The van der Waals surface area contributed by atoms with Gasteiger partial charge in [-0.15, -0.1) is 6.42 Å². The first-order valence-electron chi connectivity index (χ1n) is 5.87. The average Bonchev–Trinajstić information content (AvgIpc) is 2.90. The third kappa shape index (κ3) is 2.95. The van der Waals surface area contributed by atoms with Gasteiger partial charge in [0.05, 0.1) is 5.02 Å². The molecule has 18 heavy (non-hydrogen) atoms. The lowest BCUT2D eigenvalue weighted by molar-refractivity contribution is 0.370. The van der Waals surface area contributed by atoms with Gasteiger partial charge in [-0.2, -0.15) is 0 Å². The van der Waals surface area contributed by atoms with Crippen molar-refractivity contribution in [1.82, 2.24) is 4.90 Å². The summed E-state index contributed by atoms with van der Waals surface area (Å²) in [6.07, 6.45) is 7.55. The van der Waals surface area contributed by atoms with Crippen LogP contribution in [0, 0.1) is 12.3 Å². The number of likely N-dealkylation sites (tertiary alicyclic amines) is 1. The van der Waals surface area contributed by atoms with E-state index >= 15 is 0 Å². The molecule has 1 fully saturated rings. The van der Waals surface area contributed by atoms with Crippen molar-refractivity contribution in [2.24, 2.45) is 0 Å². The number of thiocarbonyl (C=S) groups is 1. The molecule has 0 unspecified atom stereocenters. The lowest BCUT2D eigenvalue weighted by atomic mass is 10.2. The highest BCUT2D eigenvalue weighted by molar-refractivity contribution is 7.80. The molecule has 0 spiro atoms. The predicted octanol–water partition coefficient (Wildman–Crippen LogP) is 3.12. The number of benzene rings is 1. The van der Waals surface area contributed by atoms with Crippen LogP contribution >= 0.6 is 23.8 Å². The van der Waals surface area contributed by atoms with Crippen molar-refractivity contribution < 1.29 is 4.74 Å². The minimum absolute atomic E-state index is 0.218. The highest BCUT2D eigenvalue weighted by atomic mass is 35.5. The molecule has 94 valence electrons.